The number of carbonyl (C=O) groups excluding carboxylic acids is 1. The Morgan fingerprint density at radius 2 is 1.91 bits per heavy atom. The van der Waals surface area contributed by atoms with Crippen molar-refractivity contribution < 1.29 is 14.7 Å². The van der Waals surface area contributed by atoms with Crippen LogP contribution < -0.4 is 10.6 Å². The number of amides is 1. The Bertz CT molecular complexity index is 638. The first kappa shape index (κ1) is 16.6. The Balaban J connectivity index is 1.94. The van der Waals surface area contributed by atoms with E-state index in [4.69, 9.17) is 10.4 Å². The standard InChI is InChI=1S/C17H19N3O3/c18-10-13(17(23)20-15-3-1-2-4-15)11-19-14-7-5-12(6-8-14)9-16(21)22/h5-8,11,15,19H,1-4,9H2,(H,20,23)(H,21,22)/b13-11-. The van der Waals surface area contributed by atoms with Crippen molar-refractivity contribution in [1.82, 2.24) is 5.32 Å². The Labute approximate surface area is 134 Å². The van der Waals surface area contributed by atoms with E-state index in [9.17, 15) is 9.59 Å². The maximum atomic E-state index is 12.0. The smallest absolute Gasteiger partial charge is 0.307 e. The van der Waals surface area contributed by atoms with E-state index in [1.54, 1.807) is 24.3 Å². The van der Waals surface area contributed by atoms with Crippen molar-refractivity contribution in [3.05, 3.63) is 41.6 Å². The van der Waals surface area contributed by atoms with E-state index in [1.165, 1.54) is 6.20 Å². The van der Waals surface area contributed by atoms with Crippen molar-refractivity contribution in [2.75, 3.05) is 5.32 Å². The molecule has 0 aromatic heterocycles. The van der Waals surface area contributed by atoms with Gasteiger partial charge in [0.15, 0.2) is 0 Å². The molecule has 1 aliphatic carbocycles. The molecule has 23 heavy (non-hydrogen) atoms. The molecule has 1 saturated carbocycles. The molecule has 0 radical (unpaired) electrons. The molecule has 0 atom stereocenters. The Morgan fingerprint density at radius 3 is 2.48 bits per heavy atom. The third kappa shape index (κ3) is 5.15. The first-order valence-corrected chi connectivity index (χ1v) is 7.57. The van der Waals surface area contributed by atoms with E-state index in [-0.39, 0.29) is 23.9 Å². The van der Waals surface area contributed by atoms with Gasteiger partial charge in [0.05, 0.1) is 6.42 Å². The summed E-state index contributed by atoms with van der Waals surface area (Å²) in [7, 11) is 0. The van der Waals surface area contributed by atoms with Crippen LogP contribution in [0.15, 0.2) is 36.0 Å². The number of carboxylic acid groups (broad SMARTS) is 1. The van der Waals surface area contributed by atoms with Crippen LogP contribution in [0.5, 0.6) is 0 Å². The number of aliphatic carboxylic acids is 1. The fourth-order valence-corrected chi connectivity index (χ4v) is 2.53. The molecule has 1 fully saturated rings. The summed E-state index contributed by atoms with van der Waals surface area (Å²) in [5.41, 5.74) is 1.39. The summed E-state index contributed by atoms with van der Waals surface area (Å²) in [5, 5.41) is 23.6. The van der Waals surface area contributed by atoms with Crippen LogP contribution in [0.2, 0.25) is 0 Å². The summed E-state index contributed by atoms with van der Waals surface area (Å²) >= 11 is 0. The number of benzene rings is 1. The second kappa shape index (κ2) is 7.99. The minimum atomic E-state index is -0.888. The molecule has 6 nitrogen and oxygen atoms in total. The van der Waals surface area contributed by atoms with Crippen LogP contribution >= 0.6 is 0 Å². The van der Waals surface area contributed by atoms with Gasteiger partial charge in [-0.05, 0) is 30.5 Å². The van der Waals surface area contributed by atoms with Crippen molar-refractivity contribution in [3.8, 4) is 6.07 Å². The SMILES string of the molecule is N#C/C(=C/Nc1ccc(CC(=O)O)cc1)C(=O)NC1CCCC1. The lowest BCUT2D eigenvalue weighted by molar-refractivity contribution is -0.136. The second-order valence-electron chi connectivity index (χ2n) is 5.54. The number of carbonyl (C=O) groups is 2. The monoisotopic (exact) mass is 313 g/mol. The van der Waals surface area contributed by atoms with Crippen molar-refractivity contribution in [2.24, 2.45) is 0 Å². The molecule has 0 bridgehead atoms. The quantitative estimate of drug-likeness (QED) is 0.552. The molecule has 1 aromatic carbocycles. The zero-order chi connectivity index (χ0) is 16.7. The van der Waals surface area contributed by atoms with Gasteiger partial charge < -0.3 is 15.7 Å². The summed E-state index contributed by atoms with van der Waals surface area (Å²) in [5.74, 6) is -1.25. The highest BCUT2D eigenvalue weighted by Crippen LogP contribution is 2.18. The zero-order valence-corrected chi connectivity index (χ0v) is 12.7. The van der Waals surface area contributed by atoms with Crippen molar-refractivity contribution >= 4 is 17.6 Å². The van der Waals surface area contributed by atoms with Gasteiger partial charge >= 0.3 is 5.97 Å². The van der Waals surface area contributed by atoms with Gasteiger partial charge in [-0.25, -0.2) is 0 Å². The van der Waals surface area contributed by atoms with Gasteiger partial charge in [-0.1, -0.05) is 25.0 Å². The predicted molar refractivity (Wildman–Crippen MR) is 85.5 cm³/mol. The normalized spacial score (nSPS) is 15.0. The van der Waals surface area contributed by atoms with E-state index in [1.807, 2.05) is 6.07 Å². The molecule has 1 aliphatic rings. The molecule has 1 aromatic rings. The van der Waals surface area contributed by atoms with Crippen LogP contribution in [0.4, 0.5) is 5.69 Å². The van der Waals surface area contributed by atoms with Gasteiger partial charge in [0.25, 0.3) is 5.91 Å². The summed E-state index contributed by atoms with van der Waals surface area (Å²) in [6.45, 7) is 0. The fraction of sp³-hybridized carbons (Fsp3) is 0.353. The number of anilines is 1. The van der Waals surface area contributed by atoms with Crippen molar-refractivity contribution in [1.29, 1.82) is 5.26 Å². The van der Waals surface area contributed by atoms with Crippen LogP contribution in [-0.4, -0.2) is 23.0 Å². The van der Waals surface area contributed by atoms with Crippen LogP contribution in [0.3, 0.4) is 0 Å². The lowest BCUT2D eigenvalue weighted by atomic mass is 10.1. The average molecular weight is 313 g/mol. The van der Waals surface area contributed by atoms with E-state index in [0.29, 0.717) is 11.3 Å². The Hall–Kier alpha value is -2.81. The second-order valence-corrected chi connectivity index (χ2v) is 5.54. The summed E-state index contributed by atoms with van der Waals surface area (Å²) in [6.07, 6.45) is 5.47. The van der Waals surface area contributed by atoms with Gasteiger partial charge in [0, 0.05) is 17.9 Å². The number of nitriles is 1. The van der Waals surface area contributed by atoms with E-state index in [0.717, 1.165) is 25.7 Å². The van der Waals surface area contributed by atoms with Crippen LogP contribution in [0.25, 0.3) is 0 Å². The number of rotatable bonds is 6. The number of nitrogens with zero attached hydrogens (tertiary/aromatic N) is 1. The maximum absolute atomic E-state index is 12.0. The molecule has 0 heterocycles. The number of hydrogen-bond acceptors (Lipinski definition) is 4. The number of hydrogen-bond donors (Lipinski definition) is 3. The van der Waals surface area contributed by atoms with Crippen LogP contribution in [0, 0.1) is 11.3 Å². The van der Waals surface area contributed by atoms with E-state index >= 15 is 0 Å². The minimum absolute atomic E-state index is 0.0199. The molecule has 3 N–H and O–H groups in total. The van der Waals surface area contributed by atoms with E-state index < -0.39 is 5.97 Å². The fourth-order valence-electron chi connectivity index (χ4n) is 2.53. The molecule has 0 spiro atoms. The molecular formula is C17H19N3O3. The van der Waals surface area contributed by atoms with Gasteiger partial charge in [-0.3, -0.25) is 9.59 Å². The average Bonchev–Trinajstić information content (AvgIpc) is 3.02. The molecule has 0 unspecified atom stereocenters. The highest BCUT2D eigenvalue weighted by molar-refractivity contribution is 5.97. The first-order valence-electron chi connectivity index (χ1n) is 7.57. The topological polar surface area (TPSA) is 102 Å². The highest BCUT2D eigenvalue weighted by atomic mass is 16.4. The highest BCUT2D eigenvalue weighted by Gasteiger charge is 2.19. The lowest BCUT2D eigenvalue weighted by Gasteiger charge is -2.11. The van der Waals surface area contributed by atoms with Gasteiger partial charge in [-0.2, -0.15) is 5.26 Å². The molecule has 120 valence electrons. The van der Waals surface area contributed by atoms with Gasteiger partial charge in [-0.15, -0.1) is 0 Å². The van der Waals surface area contributed by atoms with Crippen molar-refractivity contribution in [2.45, 2.75) is 38.1 Å². The van der Waals surface area contributed by atoms with E-state index in [2.05, 4.69) is 10.6 Å². The first-order chi connectivity index (χ1) is 11.1. The third-order valence-corrected chi connectivity index (χ3v) is 3.75. The largest absolute Gasteiger partial charge is 0.481 e. The van der Waals surface area contributed by atoms with Gasteiger partial charge in [0.1, 0.15) is 11.6 Å². The Kier molecular flexibility index (Phi) is 5.75. The minimum Gasteiger partial charge on any atom is -0.481 e. The molecule has 6 heteroatoms. The van der Waals surface area contributed by atoms with Gasteiger partial charge in [0.2, 0.25) is 0 Å². The predicted octanol–water partition coefficient (Wildman–Crippen LogP) is 2.19. The summed E-state index contributed by atoms with van der Waals surface area (Å²) < 4.78 is 0. The third-order valence-electron chi connectivity index (χ3n) is 3.75. The lowest BCUT2D eigenvalue weighted by Crippen LogP contribution is -2.33. The number of nitrogens with one attached hydrogen (secondary N) is 2. The molecule has 0 aliphatic heterocycles. The zero-order valence-electron chi connectivity index (χ0n) is 12.7. The number of carboxylic acids is 1. The van der Waals surface area contributed by atoms with Crippen LogP contribution in [0.1, 0.15) is 31.2 Å². The summed E-state index contributed by atoms with van der Waals surface area (Å²) in [6, 6.07) is 8.85. The molecule has 2 rings (SSSR count). The van der Waals surface area contributed by atoms with Crippen LogP contribution in [-0.2, 0) is 16.0 Å². The molecule has 0 saturated heterocycles. The summed E-state index contributed by atoms with van der Waals surface area (Å²) in [4.78, 5) is 22.6. The molecule has 1 amide bonds. The maximum Gasteiger partial charge on any atom is 0.307 e. The molecular weight excluding hydrogens is 294 g/mol. The Morgan fingerprint density at radius 1 is 1.26 bits per heavy atom. The van der Waals surface area contributed by atoms with Crippen molar-refractivity contribution in [3.63, 3.8) is 0 Å².